The molecule has 0 aliphatic rings. The van der Waals surface area contributed by atoms with Gasteiger partial charge in [0.15, 0.2) is 5.57 Å². The number of rotatable bonds is 3. The number of furan rings is 1. The van der Waals surface area contributed by atoms with Crippen molar-refractivity contribution in [2.45, 2.75) is 13.8 Å². The van der Waals surface area contributed by atoms with Crippen LogP contribution in [-0.2, 0) is 14.3 Å². The molecule has 1 aromatic rings. The lowest BCUT2D eigenvalue weighted by Crippen LogP contribution is -2.15. The van der Waals surface area contributed by atoms with E-state index in [9.17, 15) is 9.59 Å². The molecule has 0 spiro atoms. The second-order valence-electron chi connectivity index (χ2n) is 3.21. The van der Waals surface area contributed by atoms with Gasteiger partial charge in [0.2, 0.25) is 0 Å². The molecule has 86 valence electrons. The zero-order valence-corrected chi connectivity index (χ0v) is 9.23. The SMILES string of the molecule is COC(=O)C(C(=O)O)=C(C)c1ccc(C)o1. The average Bonchev–Trinajstić information content (AvgIpc) is 2.64. The fourth-order valence-corrected chi connectivity index (χ4v) is 1.26. The molecule has 1 rings (SSSR count). The molecule has 1 aromatic heterocycles. The van der Waals surface area contributed by atoms with Crippen LogP contribution in [0.2, 0.25) is 0 Å². The maximum Gasteiger partial charge on any atom is 0.345 e. The zero-order valence-electron chi connectivity index (χ0n) is 9.23. The van der Waals surface area contributed by atoms with Gasteiger partial charge in [-0.25, -0.2) is 9.59 Å². The van der Waals surface area contributed by atoms with Gasteiger partial charge in [0.25, 0.3) is 0 Å². The standard InChI is InChI=1S/C11H12O5/c1-6-4-5-8(16-6)7(2)9(10(12)13)11(14)15-3/h4-5H,1-3H3,(H,12,13). The van der Waals surface area contributed by atoms with E-state index in [4.69, 9.17) is 9.52 Å². The summed E-state index contributed by atoms with van der Waals surface area (Å²) in [6.07, 6.45) is 0. The lowest BCUT2D eigenvalue weighted by atomic mass is 10.1. The lowest BCUT2D eigenvalue weighted by Gasteiger charge is -2.03. The van der Waals surface area contributed by atoms with E-state index in [1.165, 1.54) is 6.92 Å². The minimum absolute atomic E-state index is 0.243. The quantitative estimate of drug-likeness (QED) is 0.365. The highest BCUT2D eigenvalue weighted by atomic mass is 16.5. The van der Waals surface area contributed by atoms with Crippen LogP contribution in [0.5, 0.6) is 0 Å². The Morgan fingerprint density at radius 3 is 2.38 bits per heavy atom. The molecule has 0 aliphatic heterocycles. The van der Waals surface area contributed by atoms with Crippen molar-refractivity contribution in [1.82, 2.24) is 0 Å². The minimum Gasteiger partial charge on any atom is -0.477 e. The summed E-state index contributed by atoms with van der Waals surface area (Å²) in [5, 5.41) is 8.91. The normalized spacial score (nSPS) is 11.9. The number of ether oxygens (including phenoxy) is 1. The second-order valence-corrected chi connectivity index (χ2v) is 3.21. The lowest BCUT2D eigenvalue weighted by molar-refractivity contribution is -0.142. The van der Waals surface area contributed by atoms with Gasteiger partial charge in [-0.05, 0) is 26.0 Å². The number of carbonyl (C=O) groups excluding carboxylic acids is 1. The molecule has 0 aromatic carbocycles. The van der Waals surface area contributed by atoms with Gasteiger partial charge >= 0.3 is 11.9 Å². The summed E-state index contributed by atoms with van der Waals surface area (Å²) in [6.45, 7) is 3.23. The molecular formula is C11H12O5. The molecule has 0 fully saturated rings. The molecule has 16 heavy (non-hydrogen) atoms. The van der Waals surface area contributed by atoms with Crippen molar-refractivity contribution in [2.24, 2.45) is 0 Å². The van der Waals surface area contributed by atoms with E-state index in [0.29, 0.717) is 11.5 Å². The molecule has 5 heteroatoms. The van der Waals surface area contributed by atoms with Gasteiger partial charge < -0.3 is 14.3 Å². The van der Waals surface area contributed by atoms with Crippen molar-refractivity contribution in [3.63, 3.8) is 0 Å². The third kappa shape index (κ3) is 2.31. The summed E-state index contributed by atoms with van der Waals surface area (Å²) >= 11 is 0. The molecule has 0 saturated heterocycles. The number of carboxylic acids is 1. The molecular weight excluding hydrogens is 212 g/mol. The highest BCUT2D eigenvalue weighted by Gasteiger charge is 2.23. The Labute approximate surface area is 92.3 Å². The Balaban J connectivity index is 3.26. The number of hydrogen-bond acceptors (Lipinski definition) is 4. The topological polar surface area (TPSA) is 76.7 Å². The van der Waals surface area contributed by atoms with E-state index in [1.54, 1.807) is 19.1 Å². The zero-order chi connectivity index (χ0) is 12.3. The first-order chi connectivity index (χ1) is 7.47. The molecule has 1 N–H and O–H groups in total. The largest absolute Gasteiger partial charge is 0.477 e. The van der Waals surface area contributed by atoms with Crippen molar-refractivity contribution in [3.05, 3.63) is 29.2 Å². The monoisotopic (exact) mass is 224 g/mol. The van der Waals surface area contributed by atoms with E-state index in [0.717, 1.165) is 7.11 Å². The van der Waals surface area contributed by atoms with Crippen LogP contribution >= 0.6 is 0 Å². The highest BCUT2D eigenvalue weighted by molar-refractivity contribution is 6.18. The number of hydrogen-bond donors (Lipinski definition) is 1. The third-order valence-electron chi connectivity index (χ3n) is 2.09. The van der Waals surface area contributed by atoms with E-state index < -0.39 is 17.5 Å². The third-order valence-corrected chi connectivity index (χ3v) is 2.09. The fraction of sp³-hybridized carbons (Fsp3) is 0.273. The van der Waals surface area contributed by atoms with Gasteiger partial charge in [-0.1, -0.05) is 0 Å². The fourth-order valence-electron chi connectivity index (χ4n) is 1.26. The van der Waals surface area contributed by atoms with Crippen molar-refractivity contribution in [1.29, 1.82) is 0 Å². The van der Waals surface area contributed by atoms with Crippen LogP contribution in [0.15, 0.2) is 22.1 Å². The van der Waals surface area contributed by atoms with Crippen molar-refractivity contribution in [3.8, 4) is 0 Å². The van der Waals surface area contributed by atoms with Crippen LogP contribution in [-0.4, -0.2) is 24.2 Å². The number of allylic oxidation sites excluding steroid dienone is 1. The molecule has 5 nitrogen and oxygen atoms in total. The highest BCUT2D eigenvalue weighted by Crippen LogP contribution is 2.21. The first-order valence-corrected chi connectivity index (χ1v) is 4.56. The predicted molar refractivity (Wildman–Crippen MR) is 55.7 cm³/mol. The first kappa shape index (κ1) is 12.0. The number of methoxy groups -OCH3 is 1. The Bertz CT molecular complexity index is 453. The maximum atomic E-state index is 11.3. The second kappa shape index (κ2) is 4.65. The minimum atomic E-state index is -1.33. The molecule has 0 aliphatic carbocycles. The number of aliphatic carboxylic acids is 1. The summed E-state index contributed by atoms with van der Waals surface area (Å²) in [5.74, 6) is -1.23. The Morgan fingerprint density at radius 1 is 1.38 bits per heavy atom. The smallest absolute Gasteiger partial charge is 0.345 e. The molecule has 0 atom stereocenters. The van der Waals surface area contributed by atoms with Gasteiger partial charge in [0.05, 0.1) is 7.11 Å². The predicted octanol–water partition coefficient (Wildman–Crippen LogP) is 1.62. The van der Waals surface area contributed by atoms with Crippen molar-refractivity contribution < 1.29 is 23.8 Å². The van der Waals surface area contributed by atoms with Crippen LogP contribution < -0.4 is 0 Å². The Morgan fingerprint density at radius 2 is 2.00 bits per heavy atom. The molecule has 0 saturated carbocycles. The van der Waals surface area contributed by atoms with Gasteiger partial charge in [-0.3, -0.25) is 0 Å². The van der Waals surface area contributed by atoms with E-state index in [1.807, 2.05) is 0 Å². The molecule has 0 unspecified atom stereocenters. The maximum absolute atomic E-state index is 11.3. The average molecular weight is 224 g/mol. The van der Waals surface area contributed by atoms with Crippen molar-refractivity contribution in [2.75, 3.05) is 7.11 Å². The van der Waals surface area contributed by atoms with Crippen molar-refractivity contribution >= 4 is 17.5 Å². The molecule has 0 radical (unpaired) electrons. The summed E-state index contributed by atoms with van der Waals surface area (Å²) in [4.78, 5) is 22.2. The summed E-state index contributed by atoms with van der Waals surface area (Å²) in [5.41, 5.74) is -0.177. The van der Waals surface area contributed by atoms with Gasteiger partial charge in [-0.15, -0.1) is 0 Å². The summed E-state index contributed by atoms with van der Waals surface area (Å²) in [7, 11) is 1.13. The van der Waals surface area contributed by atoms with Crippen LogP contribution in [0.4, 0.5) is 0 Å². The van der Waals surface area contributed by atoms with E-state index >= 15 is 0 Å². The number of carboxylic acid groups (broad SMARTS) is 1. The first-order valence-electron chi connectivity index (χ1n) is 4.56. The van der Waals surface area contributed by atoms with Crippen LogP contribution in [0.1, 0.15) is 18.4 Å². The summed E-state index contributed by atoms with van der Waals surface area (Å²) < 4.78 is 9.65. The Hall–Kier alpha value is -2.04. The van der Waals surface area contributed by atoms with Gasteiger partial charge in [0, 0.05) is 5.57 Å². The molecule has 0 bridgehead atoms. The number of carbonyl (C=O) groups is 2. The van der Waals surface area contributed by atoms with Crippen LogP contribution in [0.25, 0.3) is 5.57 Å². The number of esters is 1. The van der Waals surface area contributed by atoms with E-state index in [2.05, 4.69) is 4.74 Å². The number of aryl methyl sites for hydroxylation is 1. The van der Waals surface area contributed by atoms with Crippen LogP contribution in [0, 0.1) is 6.92 Å². The van der Waals surface area contributed by atoms with Gasteiger partial charge in [-0.2, -0.15) is 0 Å². The van der Waals surface area contributed by atoms with Crippen LogP contribution in [0.3, 0.4) is 0 Å². The van der Waals surface area contributed by atoms with Gasteiger partial charge in [0.1, 0.15) is 11.5 Å². The Kier molecular flexibility index (Phi) is 3.50. The molecule has 0 amide bonds. The summed E-state index contributed by atoms with van der Waals surface area (Å²) in [6, 6.07) is 3.30. The van der Waals surface area contributed by atoms with E-state index in [-0.39, 0.29) is 5.57 Å². The molecule has 1 heterocycles.